The molecular formula is C26H32FN5O3. The maximum Gasteiger partial charge on any atom is 0.247 e. The minimum atomic E-state index is -0.333. The second kappa shape index (κ2) is 10.3. The smallest absolute Gasteiger partial charge is 0.247 e. The van der Waals surface area contributed by atoms with E-state index in [2.05, 4.69) is 15.2 Å². The van der Waals surface area contributed by atoms with Gasteiger partial charge in [-0.3, -0.25) is 14.5 Å². The van der Waals surface area contributed by atoms with Crippen LogP contribution in [0.1, 0.15) is 0 Å². The van der Waals surface area contributed by atoms with Crippen LogP contribution in [0.4, 0.5) is 15.8 Å². The number of carbonyl (C=O) groups excluding carboxylic acids is 2. The zero-order valence-corrected chi connectivity index (χ0v) is 20.0. The van der Waals surface area contributed by atoms with E-state index < -0.39 is 0 Å². The number of fused-ring (bicyclic) bond motifs is 1. The fourth-order valence-electron chi connectivity index (χ4n) is 5.41. The van der Waals surface area contributed by atoms with E-state index in [1.54, 1.807) is 24.3 Å². The Hall–Kier alpha value is -3.01. The van der Waals surface area contributed by atoms with Gasteiger partial charge in [0.05, 0.1) is 30.2 Å². The van der Waals surface area contributed by atoms with Crippen molar-refractivity contribution in [2.45, 2.75) is 6.04 Å². The number of piperazine rings is 1. The van der Waals surface area contributed by atoms with Crippen LogP contribution in [0.25, 0.3) is 0 Å². The summed E-state index contributed by atoms with van der Waals surface area (Å²) in [6.07, 6.45) is 0. The van der Waals surface area contributed by atoms with Crippen molar-refractivity contribution in [1.29, 1.82) is 0 Å². The SMILES string of the molecule is COCCN1CC(C(=O)N2CCN(c3ccc(F)cc3)CC2)C2NN(c3ccccc3)C(=O)C2C1. The summed E-state index contributed by atoms with van der Waals surface area (Å²) in [4.78, 5) is 33.4. The van der Waals surface area contributed by atoms with Crippen LogP contribution in [0.2, 0.25) is 0 Å². The van der Waals surface area contributed by atoms with Gasteiger partial charge >= 0.3 is 0 Å². The standard InChI is InChI=1S/C26H32FN5O3/c1-35-16-15-29-17-22(24-23(18-29)26(34)32(28-24)21-5-3-2-4-6-21)25(33)31-13-11-30(12-14-31)20-9-7-19(27)8-10-20/h2-10,22-24,28H,11-18H2,1H3. The lowest BCUT2D eigenvalue weighted by Crippen LogP contribution is -2.60. The first-order valence-corrected chi connectivity index (χ1v) is 12.2. The average Bonchev–Trinajstić information content (AvgIpc) is 3.24. The van der Waals surface area contributed by atoms with Crippen molar-refractivity contribution >= 4 is 23.2 Å². The number of carbonyl (C=O) groups is 2. The summed E-state index contributed by atoms with van der Waals surface area (Å²) in [6, 6.07) is 15.8. The molecule has 1 N–H and O–H groups in total. The third kappa shape index (κ3) is 4.89. The quantitative estimate of drug-likeness (QED) is 0.676. The summed E-state index contributed by atoms with van der Waals surface area (Å²) in [6.45, 7) is 4.99. The lowest BCUT2D eigenvalue weighted by Gasteiger charge is -2.42. The Bertz CT molecular complexity index is 1030. The summed E-state index contributed by atoms with van der Waals surface area (Å²) in [5, 5.41) is 1.61. The maximum atomic E-state index is 13.8. The number of para-hydroxylation sites is 1. The predicted octanol–water partition coefficient (Wildman–Crippen LogP) is 1.59. The summed E-state index contributed by atoms with van der Waals surface area (Å²) in [5.74, 6) is -0.801. The predicted molar refractivity (Wildman–Crippen MR) is 131 cm³/mol. The third-order valence-electron chi connectivity index (χ3n) is 7.32. The third-order valence-corrected chi connectivity index (χ3v) is 7.32. The van der Waals surface area contributed by atoms with Gasteiger partial charge in [-0.25, -0.2) is 14.8 Å². The van der Waals surface area contributed by atoms with Crippen LogP contribution in [0.5, 0.6) is 0 Å². The molecule has 9 heteroatoms. The number of methoxy groups -OCH3 is 1. The van der Waals surface area contributed by atoms with Crippen molar-refractivity contribution in [3.05, 3.63) is 60.4 Å². The van der Waals surface area contributed by atoms with Crippen molar-refractivity contribution in [3.63, 3.8) is 0 Å². The van der Waals surface area contributed by atoms with Crippen LogP contribution >= 0.6 is 0 Å². The molecule has 0 aliphatic carbocycles. The highest BCUT2D eigenvalue weighted by molar-refractivity contribution is 5.98. The van der Waals surface area contributed by atoms with Gasteiger partial charge in [-0.05, 0) is 36.4 Å². The van der Waals surface area contributed by atoms with Crippen molar-refractivity contribution in [2.24, 2.45) is 11.8 Å². The van der Waals surface area contributed by atoms with E-state index in [0.717, 1.165) is 11.4 Å². The Morgan fingerprint density at radius 1 is 1.00 bits per heavy atom. The van der Waals surface area contributed by atoms with Crippen molar-refractivity contribution in [3.8, 4) is 0 Å². The van der Waals surface area contributed by atoms with E-state index in [4.69, 9.17) is 4.74 Å². The van der Waals surface area contributed by atoms with Crippen LogP contribution in [-0.4, -0.2) is 87.2 Å². The number of anilines is 2. The number of halogens is 1. The number of hydrazine groups is 1. The van der Waals surface area contributed by atoms with Crippen LogP contribution in [0.15, 0.2) is 54.6 Å². The number of likely N-dealkylation sites (tertiary alicyclic amines) is 1. The second-order valence-corrected chi connectivity index (χ2v) is 9.42. The first-order valence-electron chi connectivity index (χ1n) is 12.2. The maximum absolute atomic E-state index is 13.8. The van der Waals surface area contributed by atoms with E-state index in [0.29, 0.717) is 52.4 Å². The molecule has 2 aromatic rings. The van der Waals surface area contributed by atoms with Crippen LogP contribution in [0.3, 0.4) is 0 Å². The van der Waals surface area contributed by atoms with Crippen LogP contribution in [0, 0.1) is 17.7 Å². The molecule has 3 aliphatic heterocycles. The molecule has 2 amide bonds. The highest BCUT2D eigenvalue weighted by atomic mass is 19.1. The van der Waals surface area contributed by atoms with Gasteiger partial charge in [-0.1, -0.05) is 18.2 Å². The number of rotatable bonds is 6. The largest absolute Gasteiger partial charge is 0.383 e. The Kier molecular flexibility index (Phi) is 6.99. The number of hydrogen-bond acceptors (Lipinski definition) is 6. The first kappa shape index (κ1) is 23.7. The zero-order chi connectivity index (χ0) is 24.4. The lowest BCUT2D eigenvalue weighted by atomic mass is 9.83. The highest BCUT2D eigenvalue weighted by Gasteiger charge is 2.51. The van der Waals surface area contributed by atoms with Crippen molar-refractivity contribution in [2.75, 3.05) is 69.4 Å². The second-order valence-electron chi connectivity index (χ2n) is 9.42. The van der Waals surface area contributed by atoms with E-state index in [1.807, 2.05) is 35.2 Å². The Morgan fingerprint density at radius 2 is 1.71 bits per heavy atom. The molecule has 0 radical (unpaired) electrons. The van der Waals surface area contributed by atoms with Crippen LogP contribution in [-0.2, 0) is 14.3 Å². The van der Waals surface area contributed by atoms with E-state index in [9.17, 15) is 14.0 Å². The monoisotopic (exact) mass is 481 g/mol. The fourth-order valence-corrected chi connectivity index (χ4v) is 5.41. The Morgan fingerprint density at radius 3 is 2.40 bits per heavy atom. The average molecular weight is 482 g/mol. The lowest BCUT2D eigenvalue weighted by molar-refractivity contribution is -0.140. The fraction of sp³-hybridized carbons (Fsp3) is 0.462. The van der Waals surface area contributed by atoms with Gasteiger partial charge in [0.25, 0.3) is 0 Å². The van der Waals surface area contributed by atoms with Gasteiger partial charge < -0.3 is 14.5 Å². The van der Waals surface area contributed by atoms with E-state index in [1.165, 1.54) is 12.1 Å². The van der Waals surface area contributed by atoms with Crippen LogP contribution < -0.4 is 15.3 Å². The normalized spacial score (nSPS) is 25.1. The van der Waals surface area contributed by atoms with Crippen molar-refractivity contribution in [1.82, 2.24) is 15.2 Å². The number of nitrogens with one attached hydrogen (secondary N) is 1. The molecule has 3 unspecified atom stereocenters. The van der Waals surface area contributed by atoms with Gasteiger partial charge in [-0.2, -0.15) is 0 Å². The summed E-state index contributed by atoms with van der Waals surface area (Å²) < 4.78 is 18.6. The van der Waals surface area contributed by atoms with Gasteiger partial charge in [0.2, 0.25) is 11.8 Å². The molecule has 0 saturated carbocycles. The van der Waals surface area contributed by atoms with Gasteiger partial charge in [0.15, 0.2) is 0 Å². The number of nitrogens with zero attached hydrogens (tertiary/aromatic N) is 4. The molecule has 5 rings (SSSR count). The molecule has 35 heavy (non-hydrogen) atoms. The molecule has 2 aromatic carbocycles. The van der Waals surface area contributed by atoms with Gasteiger partial charge in [0.1, 0.15) is 5.82 Å². The molecule has 0 spiro atoms. The molecule has 0 bridgehead atoms. The molecule has 3 heterocycles. The minimum absolute atomic E-state index is 0.00208. The first-order chi connectivity index (χ1) is 17.0. The molecule has 3 aliphatic rings. The Balaban J connectivity index is 1.30. The van der Waals surface area contributed by atoms with E-state index >= 15 is 0 Å². The number of benzene rings is 2. The molecule has 186 valence electrons. The molecule has 3 fully saturated rings. The number of piperidine rings is 1. The van der Waals surface area contributed by atoms with E-state index in [-0.39, 0.29) is 35.5 Å². The molecule has 3 saturated heterocycles. The number of ether oxygens (including phenoxy) is 1. The number of amides is 2. The summed E-state index contributed by atoms with van der Waals surface area (Å²) in [7, 11) is 1.66. The summed E-state index contributed by atoms with van der Waals surface area (Å²) >= 11 is 0. The molecule has 3 atom stereocenters. The molecule has 8 nitrogen and oxygen atoms in total. The topological polar surface area (TPSA) is 68.4 Å². The molecule has 0 aromatic heterocycles. The summed E-state index contributed by atoms with van der Waals surface area (Å²) in [5.41, 5.74) is 5.13. The van der Waals surface area contributed by atoms with Gasteiger partial charge in [0, 0.05) is 58.6 Å². The minimum Gasteiger partial charge on any atom is -0.383 e. The zero-order valence-electron chi connectivity index (χ0n) is 20.0. The Labute approximate surface area is 205 Å². The highest BCUT2D eigenvalue weighted by Crippen LogP contribution is 2.33. The van der Waals surface area contributed by atoms with Crippen molar-refractivity contribution < 1.29 is 18.7 Å². The van der Waals surface area contributed by atoms with Gasteiger partial charge in [-0.15, -0.1) is 0 Å². The number of hydrogen-bond donors (Lipinski definition) is 1. The molecular weight excluding hydrogens is 449 g/mol.